The summed E-state index contributed by atoms with van der Waals surface area (Å²) >= 11 is 2.42. The Morgan fingerprint density at radius 2 is 1.44 bits per heavy atom. The molecule has 32 heavy (non-hydrogen) atoms. The Bertz CT molecular complexity index is 799. The van der Waals surface area contributed by atoms with Crippen molar-refractivity contribution in [2.24, 2.45) is 0 Å². The Kier molecular flexibility index (Phi) is 10.8. The van der Waals surface area contributed by atoms with Crippen LogP contribution in [0.5, 0.6) is 0 Å². The lowest BCUT2D eigenvalue weighted by Gasteiger charge is -2.19. The second-order valence-electron chi connectivity index (χ2n) is 8.05. The fourth-order valence-corrected chi connectivity index (χ4v) is 4.51. The Labute approximate surface area is 205 Å². The smallest absolute Gasteiger partial charge is 0.409 e. The number of carbonyl (C=O) groups excluding carboxylic acids is 1. The van der Waals surface area contributed by atoms with Crippen molar-refractivity contribution in [3.63, 3.8) is 0 Å². The third kappa shape index (κ3) is 7.18. The Morgan fingerprint density at radius 1 is 0.844 bits per heavy atom. The summed E-state index contributed by atoms with van der Waals surface area (Å²) in [6, 6.07) is 16.7. The first-order chi connectivity index (χ1) is 15.7. The van der Waals surface area contributed by atoms with E-state index in [0.717, 1.165) is 13.0 Å². The van der Waals surface area contributed by atoms with E-state index in [9.17, 15) is 4.79 Å². The van der Waals surface area contributed by atoms with Gasteiger partial charge in [-0.1, -0.05) is 84.0 Å². The maximum absolute atomic E-state index is 12.5. The standard InChI is InChI=1S/C26H34INO4/c1-28(15-17-31-19-18-30-16-9-3-2-8-14-27)26(29)32-20-25-23-12-6-4-10-21(23)22-11-5-7-13-24(22)25/h4-7,10-13,25H,2-3,8-9,14-20H2,1H3. The molecule has 5 nitrogen and oxygen atoms in total. The predicted octanol–water partition coefficient (Wildman–Crippen LogP) is 5.90. The van der Waals surface area contributed by atoms with Crippen LogP contribution in [0.25, 0.3) is 11.1 Å². The number of halogens is 1. The van der Waals surface area contributed by atoms with E-state index in [4.69, 9.17) is 14.2 Å². The molecule has 1 amide bonds. The van der Waals surface area contributed by atoms with E-state index in [2.05, 4.69) is 59.0 Å². The van der Waals surface area contributed by atoms with Gasteiger partial charge in [-0.2, -0.15) is 0 Å². The van der Waals surface area contributed by atoms with Crippen LogP contribution < -0.4 is 0 Å². The van der Waals surface area contributed by atoms with Crippen LogP contribution in [0.3, 0.4) is 0 Å². The molecule has 0 heterocycles. The molecule has 174 valence electrons. The number of ether oxygens (including phenoxy) is 3. The van der Waals surface area contributed by atoms with Crippen LogP contribution >= 0.6 is 22.6 Å². The summed E-state index contributed by atoms with van der Waals surface area (Å²) in [5.41, 5.74) is 4.90. The number of hydrogen-bond donors (Lipinski definition) is 0. The lowest BCUT2D eigenvalue weighted by atomic mass is 9.98. The SMILES string of the molecule is CN(CCOCCOCCCCCCI)C(=O)OCC1c2ccccc2-c2ccccc21. The van der Waals surface area contributed by atoms with E-state index in [-0.39, 0.29) is 12.0 Å². The van der Waals surface area contributed by atoms with Crippen LogP contribution in [-0.4, -0.2) is 62.0 Å². The summed E-state index contributed by atoms with van der Waals surface area (Å²) in [7, 11) is 1.74. The Morgan fingerprint density at radius 3 is 2.09 bits per heavy atom. The average molecular weight is 551 g/mol. The molecule has 0 atom stereocenters. The minimum absolute atomic E-state index is 0.0784. The van der Waals surface area contributed by atoms with Gasteiger partial charge in [0.05, 0.1) is 19.8 Å². The van der Waals surface area contributed by atoms with Gasteiger partial charge in [-0.25, -0.2) is 4.79 Å². The van der Waals surface area contributed by atoms with Gasteiger partial charge in [0.2, 0.25) is 0 Å². The summed E-state index contributed by atoms with van der Waals surface area (Å²) in [5, 5.41) is 0. The average Bonchev–Trinajstić information content (AvgIpc) is 3.14. The van der Waals surface area contributed by atoms with E-state index in [1.54, 1.807) is 11.9 Å². The summed E-state index contributed by atoms with van der Waals surface area (Å²) in [5.74, 6) is 0.0784. The number of amides is 1. The zero-order valence-electron chi connectivity index (χ0n) is 18.9. The third-order valence-corrected chi connectivity index (χ3v) is 6.53. The number of rotatable bonds is 14. The van der Waals surface area contributed by atoms with Gasteiger partial charge in [0.1, 0.15) is 6.61 Å². The normalized spacial score (nSPS) is 12.4. The topological polar surface area (TPSA) is 48.0 Å². The van der Waals surface area contributed by atoms with Gasteiger partial charge in [0.25, 0.3) is 0 Å². The number of fused-ring (bicyclic) bond motifs is 3. The van der Waals surface area contributed by atoms with Gasteiger partial charge in [-0.05, 0) is 39.5 Å². The second-order valence-corrected chi connectivity index (χ2v) is 9.13. The van der Waals surface area contributed by atoms with Crippen molar-refractivity contribution in [1.29, 1.82) is 0 Å². The number of carbonyl (C=O) groups is 1. The van der Waals surface area contributed by atoms with Gasteiger partial charge in [-0.3, -0.25) is 0 Å². The Hall–Kier alpha value is -1.64. The minimum atomic E-state index is -0.321. The largest absolute Gasteiger partial charge is 0.448 e. The van der Waals surface area contributed by atoms with E-state index < -0.39 is 0 Å². The lowest BCUT2D eigenvalue weighted by Crippen LogP contribution is -2.32. The summed E-state index contributed by atoms with van der Waals surface area (Å²) in [4.78, 5) is 14.0. The fourth-order valence-electron chi connectivity index (χ4n) is 3.97. The van der Waals surface area contributed by atoms with Crippen LogP contribution in [0.15, 0.2) is 48.5 Å². The van der Waals surface area contributed by atoms with Crippen LogP contribution in [0.1, 0.15) is 42.7 Å². The highest BCUT2D eigenvalue weighted by molar-refractivity contribution is 14.1. The van der Waals surface area contributed by atoms with E-state index >= 15 is 0 Å². The molecule has 0 fully saturated rings. The molecule has 2 aromatic carbocycles. The van der Waals surface area contributed by atoms with Gasteiger partial charge < -0.3 is 19.1 Å². The van der Waals surface area contributed by atoms with Gasteiger partial charge in [0.15, 0.2) is 0 Å². The fraction of sp³-hybridized carbons (Fsp3) is 0.500. The summed E-state index contributed by atoms with van der Waals surface area (Å²) < 4.78 is 18.1. The predicted molar refractivity (Wildman–Crippen MR) is 137 cm³/mol. The van der Waals surface area contributed by atoms with Crippen molar-refractivity contribution >= 4 is 28.7 Å². The highest BCUT2D eigenvalue weighted by Crippen LogP contribution is 2.44. The molecule has 0 aromatic heterocycles. The van der Waals surface area contributed by atoms with Crippen molar-refractivity contribution in [1.82, 2.24) is 4.90 Å². The number of benzene rings is 2. The Balaban J connectivity index is 1.31. The number of likely N-dealkylation sites (N-methyl/N-ethyl adjacent to an activating group) is 1. The molecular weight excluding hydrogens is 517 g/mol. The molecule has 2 aromatic rings. The zero-order valence-corrected chi connectivity index (χ0v) is 21.1. The van der Waals surface area contributed by atoms with Crippen molar-refractivity contribution in [2.45, 2.75) is 31.6 Å². The molecule has 1 aliphatic rings. The molecular formula is C26H34INO4. The molecule has 0 bridgehead atoms. The number of hydrogen-bond acceptors (Lipinski definition) is 4. The van der Waals surface area contributed by atoms with Crippen LogP contribution in [0.2, 0.25) is 0 Å². The van der Waals surface area contributed by atoms with Crippen molar-refractivity contribution in [3.05, 3.63) is 59.7 Å². The van der Waals surface area contributed by atoms with Crippen molar-refractivity contribution < 1.29 is 19.0 Å². The van der Waals surface area contributed by atoms with Gasteiger partial charge in [0, 0.05) is 26.1 Å². The first-order valence-electron chi connectivity index (χ1n) is 11.5. The first kappa shape index (κ1) is 25.0. The molecule has 0 N–H and O–H groups in total. The van der Waals surface area contributed by atoms with E-state index in [1.165, 1.54) is 45.9 Å². The number of alkyl halides is 1. The molecule has 1 aliphatic carbocycles. The third-order valence-electron chi connectivity index (χ3n) is 5.76. The van der Waals surface area contributed by atoms with Crippen molar-refractivity contribution in [3.8, 4) is 11.1 Å². The second kappa shape index (κ2) is 13.8. The molecule has 0 saturated carbocycles. The van der Waals surface area contributed by atoms with Gasteiger partial charge in [-0.15, -0.1) is 0 Å². The van der Waals surface area contributed by atoms with Crippen LogP contribution in [0.4, 0.5) is 4.79 Å². The summed E-state index contributed by atoms with van der Waals surface area (Å²) in [6.45, 7) is 3.24. The molecule has 0 aliphatic heterocycles. The zero-order chi connectivity index (χ0) is 22.6. The highest BCUT2D eigenvalue weighted by Gasteiger charge is 2.29. The van der Waals surface area contributed by atoms with E-state index in [0.29, 0.717) is 33.0 Å². The summed E-state index contributed by atoms with van der Waals surface area (Å²) in [6.07, 6.45) is 4.60. The monoisotopic (exact) mass is 551 g/mol. The lowest BCUT2D eigenvalue weighted by molar-refractivity contribution is 0.0371. The van der Waals surface area contributed by atoms with E-state index in [1.807, 2.05) is 12.1 Å². The van der Waals surface area contributed by atoms with Crippen molar-refractivity contribution in [2.75, 3.05) is 51.1 Å². The quantitative estimate of drug-likeness (QED) is 0.167. The minimum Gasteiger partial charge on any atom is -0.448 e. The van der Waals surface area contributed by atoms with Crippen LogP contribution in [-0.2, 0) is 14.2 Å². The highest BCUT2D eigenvalue weighted by atomic mass is 127. The number of unbranched alkanes of at least 4 members (excludes halogenated alkanes) is 3. The molecule has 0 unspecified atom stereocenters. The number of nitrogens with zero attached hydrogens (tertiary/aromatic N) is 1. The maximum atomic E-state index is 12.5. The molecule has 3 rings (SSSR count). The van der Waals surface area contributed by atoms with Gasteiger partial charge >= 0.3 is 6.09 Å². The molecule has 0 saturated heterocycles. The maximum Gasteiger partial charge on any atom is 0.409 e. The molecule has 0 radical (unpaired) electrons. The molecule has 6 heteroatoms. The molecule has 0 spiro atoms. The first-order valence-corrected chi connectivity index (χ1v) is 13.0. The van der Waals surface area contributed by atoms with Crippen LogP contribution in [0, 0.1) is 0 Å².